The Balaban J connectivity index is 1.84. The van der Waals surface area contributed by atoms with Crippen molar-refractivity contribution in [3.63, 3.8) is 0 Å². The van der Waals surface area contributed by atoms with Crippen LogP contribution in [0.15, 0.2) is 24.3 Å². The number of rotatable bonds is 3. The summed E-state index contributed by atoms with van der Waals surface area (Å²) in [6.45, 7) is 6.68. The Hall–Kier alpha value is -2.55. The van der Waals surface area contributed by atoms with Crippen LogP contribution in [0.2, 0.25) is 0 Å². The molecule has 0 unspecified atom stereocenters. The van der Waals surface area contributed by atoms with Crippen molar-refractivity contribution in [1.29, 1.82) is 5.26 Å². The third-order valence-corrected chi connectivity index (χ3v) is 3.99. The predicted octanol–water partition coefficient (Wildman–Crippen LogP) is 2.88. The molecular weight excluding hydrogens is 318 g/mol. The smallest absolute Gasteiger partial charge is 0.407 e. The van der Waals surface area contributed by atoms with Crippen molar-refractivity contribution >= 4 is 12.0 Å². The number of piperidine rings is 1. The number of ether oxygens (including phenoxy) is 1. The highest BCUT2D eigenvalue weighted by molar-refractivity contribution is 5.94. The monoisotopic (exact) mass is 343 g/mol. The summed E-state index contributed by atoms with van der Waals surface area (Å²) < 4.78 is 5.26. The van der Waals surface area contributed by atoms with Crippen LogP contribution in [0.5, 0.6) is 0 Å². The van der Waals surface area contributed by atoms with Crippen LogP contribution >= 0.6 is 0 Å². The van der Waals surface area contributed by atoms with E-state index in [1.54, 1.807) is 17.0 Å². The maximum absolute atomic E-state index is 12.5. The molecule has 0 bridgehead atoms. The maximum Gasteiger partial charge on any atom is 0.407 e. The fourth-order valence-electron chi connectivity index (χ4n) is 2.74. The van der Waals surface area contributed by atoms with Gasteiger partial charge in [0.2, 0.25) is 0 Å². The van der Waals surface area contributed by atoms with Crippen LogP contribution in [-0.4, -0.2) is 41.6 Å². The summed E-state index contributed by atoms with van der Waals surface area (Å²) in [5, 5.41) is 11.6. The van der Waals surface area contributed by atoms with Gasteiger partial charge in [0.1, 0.15) is 5.60 Å². The van der Waals surface area contributed by atoms with Gasteiger partial charge < -0.3 is 15.0 Å². The summed E-state index contributed by atoms with van der Waals surface area (Å²) in [5.74, 6) is -0.0146. The number of hydrogen-bond donors (Lipinski definition) is 1. The normalized spacial score (nSPS) is 15.4. The van der Waals surface area contributed by atoms with Gasteiger partial charge in [-0.3, -0.25) is 4.79 Å². The minimum Gasteiger partial charge on any atom is -0.444 e. The number of alkyl carbamates (subject to hydrolysis) is 1. The Morgan fingerprint density at radius 1 is 1.24 bits per heavy atom. The lowest BCUT2D eigenvalue weighted by Crippen LogP contribution is -2.47. The fraction of sp³-hybridized carbons (Fsp3) is 0.526. The standard InChI is InChI=1S/C19H25N3O3/c1-19(2,3)25-18(24)21-16-9-12-22(13-10-16)17(23)15-6-4-14(5-7-15)8-11-20/h4-7,16H,8-10,12-13H2,1-3H3,(H,21,24). The first-order valence-corrected chi connectivity index (χ1v) is 8.53. The predicted molar refractivity (Wildman–Crippen MR) is 94.1 cm³/mol. The first kappa shape index (κ1) is 18.8. The van der Waals surface area contributed by atoms with E-state index in [2.05, 4.69) is 11.4 Å². The summed E-state index contributed by atoms with van der Waals surface area (Å²) in [6.07, 6.45) is 1.34. The number of nitriles is 1. The molecule has 0 spiro atoms. The number of hydrogen-bond acceptors (Lipinski definition) is 4. The van der Waals surface area contributed by atoms with Gasteiger partial charge in [-0.15, -0.1) is 0 Å². The van der Waals surface area contributed by atoms with Gasteiger partial charge in [0.05, 0.1) is 12.5 Å². The van der Waals surface area contributed by atoms with Crippen LogP contribution < -0.4 is 5.32 Å². The van der Waals surface area contributed by atoms with Crippen LogP contribution in [0.1, 0.15) is 49.5 Å². The molecule has 2 amide bonds. The maximum atomic E-state index is 12.5. The average molecular weight is 343 g/mol. The van der Waals surface area contributed by atoms with E-state index in [0.717, 1.165) is 5.56 Å². The number of nitrogens with one attached hydrogen (secondary N) is 1. The van der Waals surface area contributed by atoms with Gasteiger partial charge in [0, 0.05) is 24.7 Å². The number of likely N-dealkylation sites (tertiary alicyclic amines) is 1. The van der Waals surface area contributed by atoms with Gasteiger partial charge in [-0.1, -0.05) is 12.1 Å². The lowest BCUT2D eigenvalue weighted by atomic mass is 10.0. The molecule has 6 nitrogen and oxygen atoms in total. The molecule has 1 aromatic rings. The van der Waals surface area contributed by atoms with E-state index < -0.39 is 11.7 Å². The molecular formula is C19H25N3O3. The van der Waals surface area contributed by atoms with Gasteiger partial charge in [-0.25, -0.2) is 4.79 Å². The van der Waals surface area contributed by atoms with Crippen molar-refractivity contribution in [3.8, 4) is 6.07 Å². The number of carbonyl (C=O) groups excluding carboxylic acids is 2. The third kappa shape index (κ3) is 5.79. The Morgan fingerprint density at radius 2 is 1.84 bits per heavy atom. The van der Waals surface area contributed by atoms with Crippen molar-refractivity contribution < 1.29 is 14.3 Å². The van der Waals surface area contributed by atoms with Crippen LogP contribution in [-0.2, 0) is 11.2 Å². The molecule has 0 aliphatic carbocycles. The summed E-state index contributed by atoms with van der Waals surface area (Å²) in [4.78, 5) is 26.1. The van der Waals surface area contributed by atoms with Gasteiger partial charge in [0.15, 0.2) is 0 Å². The number of carbonyl (C=O) groups is 2. The van der Waals surface area contributed by atoms with Gasteiger partial charge in [0.25, 0.3) is 5.91 Å². The molecule has 2 rings (SSSR count). The number of amides is 2. The van der Waals surface area contributed by atoms with Gasteiger partial charge in [-0.2, -0.15) is 5.26 Å². The number of nitrogens with zero attached hydrogens (tertiary/aromatic N) is 2. The van der Waals surface area contributed by atoms with E-state index in [4.69, 9.17) is 10.00 Å². The molecule has 0 aromatic heterocycles. The third-order valence-electron chi connectivity index (χ3n) is 3.99. The molecule has 134 valence electrons. The Kier molecular flexibility index (Phi) is 6.02. The lowest BCUT2D eigenvalue weighted by Gasteiger charge is -2.33. The molecule has 1 fully saturated rings. The first-order chi connectivity index (χ1) is 11.8. The molecule has 0 atom stereocenters. The minimum absolute atomic E-state index is 0.0146. The molecule has 1 aromatic carbocycles. The zero-order valence-corrected chi connectivity index (χ0v) is 15.0. The van der Waals surface area contributed by atoms with Crippen LogP contribution in [0.4, 0.5) is 4.79 Å². The Bertz CT molecular complexity index is 648. The summed E-state index contributed by atoms with van der Waals surface area (Å²) in [6, 6.07) is 9.27. The highest BCUT2D eigenvalue weighted by Crippen LogP contribution is 2.16. The zero-order valence-electron chi connectivity index (χ0n) is 15.0. The second kappa shape index (κ2) is 8.02. The first-order valence-electron chi connectivity index (χ1n) is 8.53. The molecule has 0 radical (unpaired) electrons. The minimum atomic E-state index is -0.515. The number of benzene rings is 1. The van der Waals surface area contributed by atoms with E-state index in [1.165, 1.54) is 0 Å². The molecule has 1 saturated heterocycles. The van der Waals surface area contributed by atoms with E-state index in [-0.39, 0.29) is 11.9 Å². The van der Waals surface area contributed by atoms with E-state index >= 15 is 0 Å². The molecule has 6 heteroatoms. The molecule has 1 heterocycles. The molecule has 25 heavy (non-hydrogen) atoms. The van der Waals surface area contributed by atoms with Crippen molar-refractivity contribution in [2.45, 2.75) is 51.7 Å². The molecule has 0 saturated carbocycles. The summed E-state index contributed by atoms with van der Waals surface area (Å²) in [5.41, 5.74) is 1.01. The van der Waals surface area contributed by atoms with Crippen molar-refractivity contribution in [3.05, 3.63) is 35.4 Å². The van der Waals surface area contributed by atoms with Crippen molar-refractivity contribution in [1.82, 2.24) is 10.2 Å². The second-order valence-corrected chi connectivity index (χ2v) is 7.24. The SMILES string of the molecule is CC(C)(C)OC(=O)NC1CCN(C(=O)c2ccc(CC#N)cc2)CC1. The molecule has 1 aliphatic heterocycles. The topological polar surface area (TPSA) is 82.4 Å². The molecule has 1 N–H and O–H groups in total. The van der Waals surface area contributed by atoms with E-state index in [9.17, 15) is 9.59 Å². The van der Waals surface area contributed by atoms with Crippen molar-refractivity contribution in [2.24, 2.45) is 0 Å². The van der Waals surface area contributed by atoms with E-state index in [1.807, 2.05) is 32.9 Å². The lowest BCUT2D eigenvalue weighted by molar-refractivity contribution is 0.0473. The Labute approximate surface area is 148 Å². The highest BCUT2D eigenvalue weighted by atomic mass is 16.6. The zero-order chi connectivity index (χ0) is 18.4. The van der Waals surface area contributed by atoms with Crippen LogP contribution in [0.25, 0.3) is 0 Å². The van der Waals surface area contributed by atoms with Crippen LogP contribution in [0, 0.1) is 11.3 Å². The highest BCUT2D eigenvalue weighted by Gasteiger charge is 2.26. The largest absolute Gasteiger partial charge is 0.444 e. The summed E-state index contributed by atoms with van der Waals surface area (Å²) >= 11 is 0. The van der Waals surface area contributed by atoms with Crippen LogP contribution in [0.3, 0.4) is 0 Å². The molecule has 1 aliphatic rings. The quantitative estimate of drug-likeness (QED) is 0.915. The van der Waals surface area contributed by atoms with Gasteiger partial charge in [-0.05, 0) is 51.3 Å². The Morgan fingerprint density at radius 3 is 2.36 bits per heavy atom. The van der Waals surface area contributed by atoms with Crippen molar-refractivity contribution in [2.75, 3.05) is 13.1 Å². The summed E-state index contributed by atoms with van der Waals surface area (Å²) in [7, 11) is 0. The van der Waals surface area contributed by atoms with Gasteiger partial charge >= 0.3 is 6.09 Å². The second-order valence-electron chi connectivity index (χ2n) is 7.24. The van der Waals surface area contributed by atoms with E-state index in [0.29, 0.717) is 37.9 Å². The fourth-order valence-corrected chi connectivity index (χ4v) is 2.74. The average Bonchev–Trinajstić information content (AvgIpc) is 2.54.